The van der Waals surface area contributed by atoms with Crippen LogP contribution in [0.4, 0.5) is 5.82 Å². The van der Waals surface area contributed by atoms with Crippen LogP contribution in [0.5, 0.6) is 0 Å². The second kappa shape index (κ2) is 5.50. The topological polar surface area (TPSA) is 84.0 Å². The predicted octanol–water partition coefficient (Wildman–Crippen LogP) is 0.899. The molecule has 0 atom stereocenters. The number of aromatic nitrogens is 2. The molecule has 0 fully saturated rings. The van der Waals surface area contributed by atoms with Gasteiger partial charge in [-0.25, -0.2) is 13.1 Å². The molecule has 0 saturated carbocycles. The largest absolute Gasteiger partial charge is 0.367 e. The Morgan fingerprint density at radius 2 is 1.79 bits per heavy atom. The Kier molecular flexibility index (Phi) is 3.96. The molecule has 2 aromatic rings. The van der Waals surface area contributed by atoms with E-state index in [4.69, 9.17) is 0 Å². The van der Waals surface area contributed by atoms with Gasteiger partial charge in [-0.3, -0.25) is 0 Å². The van der Waals surface area contributed by atoms with Crippen molar-refractivity contribution < 1.29 is 8.42 Å². The van der Waals surface area contributed by atoms with Crippen LogP contribution in [-0.2, 0) is 10.0 Å². The minimum absolute atomic E-state index is 0.308. The highest BCUT2D eigenvalue weighted by Gasteiger charge is 2.05. The zero-order chi connectivity index (χ0) is 13.9. The number of benzene rings is 1. The van der Waals surface area contributed by atoms with Crippen LogP contribution in [-0.4, -0.2) is 38.0 Å². The molecule has 0 unspecified atom stereocenters. The van der Waals surface area contributed by atoms with E-state index >= 15 is 0 Å². The maximum Gasteiger partial charge on any atom is 0.208 e. The molecular formula is C12H16N4O2S. The first-order chi connectivity index (χ1) is 8.97. The van der Waals surface area contributed by atoms with E-state index in [0.29, 0.717) is 18.9 Å². The lowest BCUT2D eigenvalue weighted by atomic mass is 10.1. The van der Waals surface area contributed by atoms with Gasteiger partial charge in [0.1, 0.15) is 0 Å². The van der Waals surface area contributed by atoms with Gasteiger partial charge in [0.25, 0.3) is 0 Å². The van der Waals surface area contributed by atoms with E-state index in [0.717, 1.165) is 22.7 Å². The maximum atomic E-state index is 10.9. The fourth-order valence-electron chi connectivity index (χ4n) is 1.79. The van der Waals surface area contributed by atoms with Crippen LogP contribution in [0.3, 0.4) is 0 Å². The van der Waals surface area contributed by atoms with Crippen molar-refractivity contribution in [2.24, 2.45) is 0 Å². The molecule has 102 valence electrons. The molecule has 0 spiro atoms. The molecule has 0 aliphatic heterocycles. The summed E-state index contributed by atoms with van der Waals surface area (Å²) in [6.45, 7) is 2.67. The number of nitrogens with zero attached hydrogens (tertiary/aromatic N) is 2. The van der Waals surface area contributed by atoms with Crippen LogP contribution in [0, 0.1) is 6.92 Å². The van der Waals surface area contributed by atoms with Gasteiger partial charge in [-0.1, -0.05) is 24.3 Å². The Labute approximate surface area is 112 Å². The number of fused-ring (bicyclic) bond motifs is 1. The van der Waals surface area contributed by atoms with Crippen molar-refractivity contribution in [1.29, 1.82) is 0 Å². The molecule has 2 N–H and O–H groups in total. The summed E-state index contributed by atoms with van der Waals surface area (Å²) in [5.41, 5.74) is 0.871. The number of rotatable bonds is 5. The molecule has 0 amide bonds. The molecule has 1 aromatic carbocycles. The number of anilines is 1. The standard InChI is InChI=1S/C12H16N4O2S/c1-9-10-5-3-4-6-11(10)12(16-15-9)13-7-8-14-19(2,17)18/h3-6,14H,7-8H2,1-2H3,(H,13,16). The molecule has 7 heteroatoms. The van der Waals surface area contributed by atoms with E-state index in [1.165, 1.54) is 0 Å². The molecule has 1 heterocycles. The summed E-state index contributed by atoms with van der Waals surface area (Å²) in [7, 11) is -3.15. The maximum absolute atomic E-state index is 10.9. The zero-order valence-electron chi connectivity index (χ0n) is 10.8. The third-order valence-electron chi connectivity index (χ3n) is 2.65. The van der Waals surface area contributed by atoms with Crippen molar-refractivity contribution in [1.82, 2.24) is 14.9 Å². The van der Waals surface area contributed by atoms with Crippen molar-refractivity contribution in [3.8, 4) is 0 Å². The molecule has 0 radical (unpaired) electrons. The zero-order valence-corrected chi connectivity index (χ0v) is 11.7. The van der Waals surface area contributed by atoms with Crippen LogP contribution < -0.4 is 10.0 Å². The lowest BCUT2D eigenvalue weighted by molar-refractivity contribution is 0.589. The summed E-state index contributed by atoms with van der Waals surface area (Å²) < 4.78 is 24.3. The summed E-state index contributed by atoms with van der Waals surface area (Å²) in [5, 5.41) is 13.3. The normalized spacial score (nSPS) is 11.7. The Morgan fingerprint density at radius 1 is 1.11 bits per heavy atom. The van der Waals surface area contributed by atoms with Gasteiger partial charge in [0, 0.05) is 23.9 Å². The molecule has 2 rings (SSSR count). The van der Waals surface area contributed by atoms with Crippen LogP contribution in [0.2, 0.25) is 0 Å². The number of aryl methyl sites for hydroxylation is 1. The van der Waals surface area contributed by atoms with Crippen LogP contribution in [0.15, 0.2) is 24.3 Å². The SMILES string of the molecule is Cc1nnc(NCCNS(C)(=O)=O)c2ccccc12. The first-order valence-electron chi connectivity index (χ1n) is 5.88. The highest BCUT2D eigenvalue weighted by Crippen LogP contribution is 2.21. The molecule has 0 aliphatic carbocycles. The molecule has 6 nitrogen and oxygen atoms in total. The summed E-state index contributed by atoms with van der Waals surface area (Å²) >= 11 is 0. The smallest absolute Gasteiger partial charge is 0.208 e. The average molecular weight is 280 g/mol. The van der Waals surface area contributed by atoms with Gasteiger partial charge in [-0.05, 0) is 6.92 Å². The Bertz CT molecular complexity index is 685. The van der Waals surface area contributed by atoms with Crippen LogP contribution in [0.25, 0.3) is 10.8 Å². The number of sulfonamides is 1. The molecule has 0 aliphatic rings. The number of hydrogen-bond donors (Lipinski definition) is 2. The highest BCUT2D eigenvalue weighted by atomic mass is 32.2. The van der Waals surface area contributed by atoms with E-state index < -0.39 is 10.0 Å². The Hall–Kier alpha value is -1.73. The van der Waals surface area contributed by atoms with E-state index in [9.17, 15) is 8.42 Å². The lowest BCUT2D eigenvalue weighted by Crippen LogP contribution is -2.27. The van der Waals surface area contributed by atoms with Gasteiger partial charge in [-0.15, -0.1) is 5.10 Å². The summed E-state index contributed by atoms with van der Waals surface area (Å²) in [4.78, 5) is 0. The molecular weight excluding hydrogens is 264 g/mol. The van der Waals surface area contributed by atoms with Gasteiger partial charge >= 0.3 is 0 Å². The minimum atomic E-state index is -3.15. The second-order valence-corrected chi connectivity index (χ2v) is 6.11. The third kappa shape index (κ3) is 3.62. The first kappa shape index (κ1) is 13.7. The summed E-state index contributed by atoms with van der Waals surface area (Å²) in [5.74, 6) is 0.663. The highest BCUT2D eigenvalue weighted by molar-refractivity contribution is 7.88. The lowest BCUT2D eigenvalue weighted by Gasteiger charge is -2.09. The van der Waals surface area contributed by atoms with Crippen LogP contribution >= 0.6 is 0 Å². The van der Waals surface area contributed by atoms with Gasteiger partial charge < -0.3 is 5.32 Å². The number of hydrogen-bond acceptors (Lipinski definition) is 5. The molecule has 1 aromatic heterocycles. The quantitative estimate of drug-likeness (QED) is 0.795. The van der Waals surface area contributed by atoms with Crippen LogP contribution in [0.1, 0.15) is 5.69 Å². The molecule has 19 heavy (non-hydrogen) atoms. The number of nitrogens with one attached hydrogen (secondary N) is 2. The van der Waals surface area contributed by atoms with E-state index in [2.05, 4.69) is 20.2 Å². The predicted molar refractivity (Wildman–Crippen MR) is 75.6 cm³/mol. The van der Waals surface area contributed by atoms with Gasteiger partial charge in [-0.2, -0.15) is 5.10 Å². The minimum Gasteiger partial charge on any atom is -0.367 e. The van der Waals surface area contributed by atoms with Crippen molar-refractivity contribution >= 4 is 26.6 Å². The summed E-state index contributed by atoms with van der Waals surface area (Å²) in [6, 6.07) is 7.83. The Morgan fingerprint density at radius 3 is 2.47 bits per heavy atom. The second-order valence-electron chi connectivity index (χ2n) is 4.27. The fourth-order valence-corrected chi connectivity index (χ4v) is 2.26. The van der Waals surface area contributed by atoms with E-state index in [-0.39, 0.29) is 0 Å². The van der Waals surface area contributed by atoms with E-state index in [1.54, 1.807) is 0 Å². The van der Waals surface area contributed by atoms with Gasteiger partial charge in [0.05, 0.1) is 11.9 Å². The van der Waals surface area contributed by atoms with Gasteiger partial charge in [0.2, 0.25) is 10.0 Å². The van der Waals surface area contributed by atoms with Crippen molar-refractivity contribution in [3.63, 3.8) is 0 Å². The first-order valence-corrected chi connectivity index (χ1v) is 7.77. The van der Waals surface area contributed by atoms with Crippen molar-refractivity contribution in [3.05, 3.63) is 30.0 Å². The average Bonchev–Trinajstić information content (AvgIpc) is 2.36. The Balaban J connectivity index is 2.11. The fraction of sp³-hybridized carbons (Fsp3) is 0.333. The molecule has 0 saturated heterocycles. The molecule has 0 bridgehead atoms. The monoisotopic (exact) mass is 280 g/mol. The van der Waals surface area contributed by atoms with Crippen molar-refractivity contribution in [2.75, 3.05) is 24.7 Å². The summed E-state index contributed by atoms with van der Waals surface area (Å²) in [6.07, 6.45) is 1.13. The third-order valence-corrected chi connectivity index (χ3v) is 3.38. The van der Waals surface area contributed by atoms with E-state index in [1.807, 2.05) is 31.2 Å². The van der Waals surface area contributed by atoms with Gasteiger partial charge in [0.15, 0.2) is 5.82 Å². The van der Waals surface area contributed by atoms with Crippen molar-refractivity contribution in [2.45, 2.75) is 6.92 Å².